The summed E-state index contributed by atoms with van der Waals surface area (Å²) in [7, 11) is 1.58. The summed E-state index contributed by atoms with van der Waals surface area (Å²) in [4.78, 5) is 12.4. The second kappa shape index (κ2) is 11.4. The third-order valence-corrected chi connectivity index (χ3v) is 6.53. The first-order valence-electron chi connectivity index (χ1n) is 12.0. The van der Waals surface area contributed by atoms with E-state index in [4.69, 9.17) is 14.2 Å². The van der Waals surface area contributed by atoms with Crippen molar-refractivity contribution in [2.45, 2.75) is 32.3 Å². The van der Waals surface area contributed by atoms with E-state index in [-0.39, 0.29) is 36.3 Å². The Balaban J connectivity index is 1.41. The number of ether oxygens (including phenoxy) is 3. The molecule has 6 heteroatoms. The molecule has 0 saturated carbocycles. The standard InChI is InChI=1S/C29H32FNO4/c1-19(2)26-15-21(25-12-4-5-13-27(25)30)17-35-29(26)20-8-6-11-24(14-20)34-18-28(32)31-22-9-7-10-23(16-22)33-3/h4-14,16,19,21,26,29H,15,17-18H2,1-3H3,(H,31,32)/t21-,26-,29-/m0/s1. The molecule has 5 nitrogen and oxygen atoms in total. The van der Waals surface area contributed by atoms with Gasteiger partial charge in [-0.1, -0.05) is 50.2 Å². The smallest absolute Gasteiger partial charge is 0.262 e. The lowest BCUT2D eigenvalue weighted by Crippen LogP contribution is -2.31. The third-order valence-electron chi connectivity index (χ3n) is 6.53. The summed E-state index contributed by atoms with van der Waals surface area (Å²) in [5.41, 5.74) is 2.36. The lowest BCUT2D eigenvalue weighted by atomic mass is 9.76. The summed E-state index contributed by atoms with van der Waals surface area (Å²) >= 11 is 0. The van der Waals surface area contributed by atoms with Gasteiger partial charge in [-0.25, -0.2) is 4.39 Å². The van der Waals surface area contributed by atoms with Crippen LogP contribution in [0, 0.1) is 17.7 Å². The number of methoxy groups -OCH3 is 1. The van der Waals surface area contributed by atoms with Gasteiger partial charge in [0.25, 0.3) is 5.91 Å². The van der Waals surface area contributed by atoms with Crippen LogP contribution in [0.25, 0.3) is 0 Å². The molecule has 35 heavy (non-hydrogen) atoms. The van der Waals surface area contributed by atoms with Gasteiger partial charge in [0, 0.05) is 17.7 Å². The van der Waals surface area contributed by atoms with Crippen molar-refractivity contribution in [1.82, 2.24) is 0 Å². The average molecular weight is 478 g/mol. The molecule has 4 rings (SSSR count). The Labute approximate surface area is 206 Å². The number of hydrogen-bond donors (Lipinski definition) is 1. The van der Waals surface area contributed by atoms with E-state index in [9.17, 15) is 9.18 Å². The minimum atomic E-state index is -0.259. The van der Waals surface area contributed by atoms with Gasteiger partial charge in [-0.15, -0.1) is 0 Å². The highest BCUT2D eigenvalue weighted by Gasteiger charge is 2.35. The zero-order chi connectivity index (χ0) is 24.8. The molecule has 1 fully saturated rings. The van der Waals surface area contributed by atoms with Gasteiger partial charge in [-0.3, -0.25) is 4.79 Å². The Kier molecular flexibility index (Phi) is 8.03. The summed E-state index contributed by atoms with van der Waals surface area (Å²) < 4.78 is 31.7. The van der Waals surface area contributed by atoms with Gasteiger partial charge >= 0.3 is 0 Å². The molecule has 184 valence electrons. The van der Waals surface area contributed by atoms with E-state index in [1.165, 1.54) is 6.07 Å². The number of carbonyl (C=O) groups is 1. The summed E-state index contributed by atoms with van der Waals surface area (Å²) in [5.74, 6) is 1.44. The average Bonchev–Trinajstić information content (AvgIpc) is 2.87. The number of carbonyl (C=O) groups excluding carboxylic acids is 1. The topological polar surface area (TPSA) is 56.8 Å². The van der Waals surface area contributed by atoms with E-state index in [1.54, 1.807) is 25.3 Å². The van der Waals surface area contributed by atoms with Crippen LogP contribution in [0.2, 0.25) is 0 Å². The number of anilines is 1. The summed E-state index contributed by atoms with van der Waals surface area (Å²) in [6.07, 6.45) is 0.726. The van der Waals surface area contributed by atoms with Crippen LogP contribution in [0.4, 0.5) is 10.1 Å². The van der Waals surface area contributed by atoms with Gasteiger partial charge in [-0.2, -0.15) is 0 Å². The Morgan fingerprint density at radius 2 is 1.83 bits per heavy atom. The number of rotatable bonds is 8. The molecule has 0 aliphatic carbocycles. The van der Waals surface area contributed by atoms with Crippen molar-refractivity contribution in [3.63, 3.8) is 0 Å². The highest BCUT2D eigenvalue weighted by atomic mass is 19.1. The van der Waals surface area contributed by atoms with E-state index in [0.717, 1.165) is 17.5 Å². The van der Waals surface area contributed by atoms with Crippen LogP contribution in [0.5, 0.6) is 11.5 Å². The van der Waals surface area contributed by atoms with E-state index >= 15 is 0 Å². The highest BCUT2D eigenvalue weighted by Crippen LogP contribution is 2.44. The van der Waals surface area contributed by atoms with Gasteiger partial charge in [0.05, 0.1) is 19.8 Å². The van der Waals surface area contributed by atoms with E-state index in [2.05, 4.69) is 19.2 Å². The molecule has 3 atom stereocenters. The normalized spacial score (nSPS) is 19.9. The molecule has 1 aliphatic rings. The number of hydrogen-bond acceptors (Lipinski definition) is 4. The van der Waals surface area contributed by atoms with Gasteiger partial charge < -0.3 is 19.5 Å². The number of halogens is 1. The van der Waals surface area contributed by atoms with Crippen LogP contribution in [-0.2, 0) is 9.53 Å². The largest absolute Gasteiger partial charge is 0.497 e. The van der Waals surface area contributed by atoms with Crippen LogP contribution < -0.4 is 14.8 Å². The monoisotopic (exact) mass is 477 g/mol. The SMILES string of the molecule is COc1cccc(NC(=O)COc2cccc([C@@H]3OC[C@@H](c4ccccc4F)C[C@H]3C(C)C)c2)c1. The Morgan fingerprint density at radius 1 is 1.06 bits per heavy atom. The first kappa shape index (κ1) is 24.7. The molecule has 0 spiro atoms. The minimum Gasteiger partial charge on any atom is -0.497 e. The molecule has 0 radical (unpaired) electrons. The van der Waals surface area contributed by atoms with Crippen molar-refractivity contribution in [2.24, 2.45) is 11.8 Å². The highest BCUT2D eigenvalue weighted by molar-refractivity contribution is 5.92. The lowest BCUT2D eigenvalue weighted by Gasteiger charge is -2.39. The summed E-state index contributed by atoms with van der Waals surface area (Å²) in [6, 6.07) is 21.8. The molecule has 1 heterocycles. The van der Waals surface area contributed by atoms with Crippen LogP contribution >= 0.6 is 0 Å². The summed E-state index contributed by atoms with van der Waals surface area (Å²) in [6.45, 7) is 4.69. The molecule has 1 amide bonds. The van der Waals surface area contributed by atoms with Gasteiger partial charge in [-0.05, 0) is 59.7 Å². The maximum absolute atomic E-state index is 14.4. The Bertz CT molecular complexity index is 1150. The van der Waals surface area contributed by atoms with Crippen LogP contribution in [0.15, 0.2) is 72.8 Å². The summed E-state index contributed by atoms with van der Waals surface area (Å²) in [5, 5.41) is 2.81. The van der Waals surface area contributed by atoms with E-state index in [0.29, 0.717) is 29.7 Å². The van der Waals surface area contributed by atoms with E-state index < -0.39 is 0 Å². The van der Waals surface area contributed by atoms with Crippen molar-refractivity contribution >= 4 is 11.6 Å². The van der Waals surface area contributed by atoms with Gasteiger partial charge in [0.1, 0.15) is 17.3 Å². The second-order valence-electron chi connectivity index (χ2n) is 9.26. The van der Waals surface area contributed by atoms with Crippen LogP contribution in [0.3, 0.4) is 0 Å². The lowest BCUT2D eigenvalue weighted by molar-refractivity contribution is -0.118. The first-order valence-corrected chi connectivity index (χ1v) is 12.0. The fraction of sp³-hybridized carbons (Fsp3) is 0.345. The van der Waals surface area contributed by atoms with Gasteiger partial charge in [0.2, 0.25) is 0 Å². The molecular formula is C29H32FNO4. The maximum Gasteiger partial charge on any atom is 0.262 e. The third kappa shape index (κ3) is 6.20. The molecule has 0 bridgehead atoms. The predicted octanol–water partition coefficient (Wildman–Crippen LogP) is 6.37. The van der Waals surface area contributed by atoms with E-state index in [1.807, 2.05) is 48.5 Å². The predicted molar refractivity (Wildman–Crippen MR) is 134 cm³/mol. The van der Waals surface area contributed by atoms with Crippen molar-refractivity contribution < 1.29 is 23.4 Å². The molecule has 1 N–H and O–H groups in total. The zero-order valence-electron chi connectivity index (χ0n) is 20.4. The fourth-order valence-electron chi connectivity index (χ4n) is 4.68. The molecule has 1 saturated heterocycles. The van der Waals surface area contributed by atoms with Crippen LogP contribution in [0.1, 0.15) is 43.4 Å². The maximum atomic E-state index is 14.4. The molecule has 1 aliphatic heterocycles. The van der Waals surface area contributed by atoms with Crippen molar-refractivity contribution in [1.29, 1.82) is 0 Å². The molecule has 0 unspecified atom stereocenters. The number of benzene rings is 3. The minimum absolute atomic E-state index is 0.0274. The quantitative estimate of drug-likeness (QED) is 0.410. The molecule has 3 aromatic rings. The number of nitrogens with one attached hydrogen (secondary N) is 1. The molecule has 0 aromatic heterocycles. The molecule has 3 aromatic carbocycles. The van der Waals surface area contributed by atoms with Crippen molar-refractivity contribution in [2.75, 3.05) is 25.6 Å². The van der Waals surface area contributed by atoms with Crippen molar-refractivity contribution in [3.05, 3.63) is 89.7 Å². The number of amides is 1. The Morgan fingerprint density at radius 3 is 2.60 bits per heavy atom. The fourth-order valence-corrected chi connectivity index (χ4v) is 4.68. The van der Waals surface area contributed by atoms with Crippen molar-refractivity contribution in [3.8, 4) is 11.5 Å². The zero-order valence-corrected chi connectivity index (χ0v) is 20.4. The van der Waals surface area contributed by atoms with Crippen LogP contribution in [-0.4, -0.2) is 26.2 Å². The second-order valence-corrected chi connectivity index (χ2v) is 9.26. The van der Waals surface area contributed by atoms with Gasteiger partial charge in [0.15, 0.2) is 6.61 Å². The molecular weight excluding hydrogens is 445 g/mol. The first-order chi connectivity index (χ1) is 16.9. The Hall–Kier alpha value is -3.38.